The lowest BCUT2D eigenvalue weighted by Gasteiger charge is -2.20. The van der Waals surface area contributed by atoms with Crippen molar-refractivity contribution in [3.8, 4) is 0 Å². The first-order chi connectivity index (χ1) is 23.9. The van der Waals surface area contributed by atoms with Gasteiger partial charge in [-0.2, -0.15) is 0 Å². The fourth-order valence-electron chi connectivity index (χ4n) is 4.99. The van der Waals surface area contributed by atoms with Gasteiger partial charge >= 0.3 is 0 Å². The summed E-state index contributed by atoms with van der Waals surface area (Å²) in [7, 11) is 1.61. The zero-order valence-electron chi connectivity index (χ0n) is 29.6. The van der Waals surface area contributed by atoms with E-state index >= 15 is 0 Å². The van der Waals surface area contributed by atoms with Crippen LogP contribution in [0.25, 0.3) is 0 Å². The number of fused-ring (bicyclic) bond motifs is 1. The zero-order chi connectivity index (χ0) is 35.4. The average molecular weight is 715 g/mol. The van der Waals surface area contributed by atoms with Crippen LogP contribution >= 0.6 is 11.3 Å². The third kappa shape index (κ3) is 22.3. The van der Waals surface area contributed by atoms with E-state index in [0.29, 0.717) is 96.2 Å². The molecule has 1 N–H and O–H groups in total. The van der Waals surface area contributed by atoms with Crippen molar-refractivity contribution in [1.82, 2.24) is 4.98 Å². The number of thiazole rings is 1. The summed E-state index contributed by atoms with van der Waals surface area (Å²) in [6.07, 6.45) is 8.99. The molecule has 2 rings (SSSR count). The molecule has 0 saturated heterocycles. The quantitative estimate of drug-likeness (QED) is 0.104. The second-order valence-corrected chi connectivity index (χ2v) is 13.1. The summed E-state index contributed by atoms with van der Waals surface area (Å²) in [5, 5.41) is 3.48. The SMILES string of the molecule is CCCC[C@H]1CCc2nc(NC(=O)CCC(=O)COCCOCCCC(=O)COCCOCCCC(=O)COCCOCCOC)sc2C1. The molecule has 0 aliphatic heterocycles. The summed E-state index contributed by atoms with van der Waals surface area (Å²) < 4.78 is 37.0. The highest BCUT2D eigenvalue weighted by Crippen LogP contribution is 2.34. The standard InChI is InChI=1S/C35H58N2O11S/c1-3-4-7-28-10-12-32-33(24-28)49-35(36-32)37-34(41)13-11-31(40)27-48-22-19-44-15-5-8-29(38)25-46-21-18-43-14-6-9-30(39)26-47-23-20-45-17-16-42-2/h28H,3-27H2,1-2H3,(H,36,37,41)/t28-/m0/s1. The van der Waals surface area contributed by atoms with Gasteiger partial charge in [0.2, 0.25) is 5.91 Å². The minimum absolute atomic E-state index is 0.0166. The average Bonchev–Trinajstić information content (AvgIpc) is 3.49. The summed E-state index contributed by atoms with van der Waals surface area (Å²) in [4.78, 5) is 54.1. The number of carbonyl (C=O) groups is 4. The van der Waals surface area contributed by atoms with Gasteiger partial charge in [-0.05, 0) is 38.0 Å². The molecule has 0 unspecified atom stereocenters. The molecule has 1 aromatic rings. The lowest BCUT2D eigenvalue weighted by molar-refractivity contribution is -0.126. The Labute approximate surface area is 295 Å². The molecule has 1 heterocycles. The van der Waals surface area contributed by atoms with Crippen molar-refractivity contribution >= 4 is 39.7 Å². The molecule has 1 aromatic heterocycles. The van der Waals surface area contributed by atoms with E-state index in [1.807, 2.05) is 0 Å². The maximum atomic E-state index is 12.3. The fraction of sp³-hybridized carbons (Fsp3) is 0.800. The number of aryl methyl sites for hydroxylation is 1. The number of carbonyl (C=O) groups excluding carboxylic acids is 4. The Morgan fingerprint density at radius 1 is 0.694 bits per heavy atom. The fourth-order valence-corrected chi connectivity index (χ4v) is 6.13. The van der Waals surface area contributed by atoms with Crippen molar-refractivity contribution in [1.29, 1.82) is 0 Å². The molecule has 0 fully saturated rings. The highest BCUT2D eigenvalue weighted by atomic mass is 32.1. The number of ether oxygens (including phenoxy) is 7. The molecule has 1 atom stereocenters. The Kier molecular flexibility index (Phi) is 25.0. The monoisotopic (exact) mass is 714 g/mol. The van der Waals surface area contributed by atoms with Gasteiger partial charge in [0.05, 0.1) is 58.5 Å². The number of amides is 1. The van der Waals surface area contributed by atoms with Crippen LogP contribution in [0.3, 0.4) is 0 Å². The number of unbranched alkanes of at least 4 members (excludes halogenated alkanes) is 1. The molecule has 0 saturated carbocycles. The van der Waals surface area contributed by atoms with Crippen LogP contribution < -0.4 is 5.32 Å². The van der Waals surface area contributed by atoms with E-state index in [0.717, 1.165) is 25.0 Å². The Morgan fingerprint density at radius 2 is 1.22 bits per heavy atom. The van der Waals surface area contributed by atoms with Crippen LogP contribution in [0, 0.1) is 5.92 Å². The van der Waals surface area contributed by atoms with E-state index in [2.05, 4.69) is 17.2 Å². The van der Waals surface area contributed by atoms with E-state index in [4.69, 9.17) is 33.2 Å². The van der Waals surface area contributed by atoms with Crippen LogP contribution in [0.1, 0.15) is 81.7 Å². The van der Waals surface area contributed by atoms with Crippen LogP contribution in [0.2, 0.25) is 0 Å². The van der Waals surface area contributed by atoms with Crippen LogP contribution in [-0.4, -0.2) is 121 Å². The van der Waals surface area contributed by atoms with Crippen molar-refractivity contribution in [2.45, 2.75) is 84.0 Å². The number of nitrogens with one attached hydrogen (secondary N) is 1. The van der Waals surface area contributed by atoms with E-state index < -0.39 is 0 Å². The van der Waals surface area contributed by atoms with Gasteiger partial charge in [-0.25, -0.2) is 4.98 Å². The third-order valence-electron chi connectivity index (χ3n) is 7.71. The first-order valence-electron chi connectivity index (χ1n) is 17.7. The molecule has 14 heteroatoms. The van der Waals surface area contributed by atoms with Crippen molar-refractivity contribution in [2.24, 2.45) is 5.92 Å². The molecule has 1 aliphatic carbocycles. The Hall–Kier alpha value is -2.17. The van der Waals surface area contributed by atoms with Gasteiger partial charge in [0.25, 0.3) is 0 Å². The summed E-state index contributed by atoms with van der Waals surface area (Å²) in [5.41, 5.74) is 1.11. The lowest BCUT2D eigenvalue weighted by Crippen LogP contribution is -2.17. The molecule has 0 aromatic carbocycles. The first kappa shape index (κ1) is 43.0. The van der Waals surface area contributed by atoms with Crippen LogP contribution in [0.4, 0.5) is 5.13 Å². The second-order valence-electron chi connectivity index (χ2n) is 12.0. The molecule has 0 spiro atoms. The van der Waals surface area contributed by atoms with Gasteiger partial charge in [-0.1, -0.05) is 26.2 Å². The molecular weight excluding hydrogens is 656 g/mol. The van der Waals surface area contributed by atoms with Gasteiger partial charge in [0.1, 0.15) is 19.8 Å². The van der Waals surface area contributed by atoms with E-state index in [9.17, 15) is 19.2 Å². The summed E-state index contributed by atoms with van der Waals surface area (Å²) >= 11 is 1.56. The molecule has 13 nitrogen and oxygen atoms in total. The van der Waals surface area contributed by atoms with Gasteiger partial charge in [-0.3, -0.25) is 19.2 Å². The predicted molar refractivity (Wildman–Crippen MR) is 185 cm³/mol. The molecule has 1 amide bonds. The van der Waals surface area contributed by atoms with E-state index in [1.165, 1.54) is 24.1 Å². The highest BCUT2D eigenvalue weighted by molar-refractivity contribution is 7.15. The molecule has 280 valence electrons. The number of hydrogen-bond donors (Lipinski definition) is 1. The largest absolute Gasteiger partial charge is 0.382 e. The minimum atomic E-state index is -0.210. The number of aromatic nitrogens is 1. The number of ketones is 3. The minimum Gasteiger partial charge on any atom is -0.382 e. The Balaban J connectivity index is 1.33. The van der Waals surface area contributed by atoms with Crippen LogP contribution in [-0.2, 0) is 65.2 Å². The lowest BCUT2D eigenvalue weighted by atomic mass is 9.87. The first-order valence-corrected chi connectivity index (χ1v) is 18.5. The van der Waals surface area contributed by atoms with Crippen molar-refractivity contribution in [3.05, 3.63) is 10.6 Å². The van der Waals surface area contributed by atoms with E-state index in [1.54, 1.807) is 18.4 Å². The van der Waals surface area contributed by atoms with E-state index in [-0.39, 0.29) is 62.5 Å². The van der Waals surface area contributed by atoms with Crippen molar-refractivity contribution in [3.63, 3.8) is 0 Å². The Morgan fingerprint density at radius 3 is 1.80 bits per heavy atom. The second kappa shape index (κ2) is 28.5. The predicted octanol–water partition coefficient (Wildman–Crippen LogP) is 4.17. The summed E-state index contributed by atoms with van der Waals surface area (Å²) in [5.74, 6) is 0.358. The molecule has 0 radical (unpaired) electrons. The number of hydrogen-bond acceptors (Lipinski definition) is 13. The molecule has 49 heavy (non-hydrogen) atoms. The number of rotatable bonds is 33. The van der Waals surface area contributed by atoms with Crippen LogP contribution in [0.15, 0.2) is 0 Å². The zero-order valence-corrected chi connectivity index (χ0v) is 30.4. The maximum Gasteiger partial charge on any atom is 0.226 e. The van der Waals surface area contributed by atoms with Gasteiger partial charge in [0, 0.05) is 50.9 Å². The third-order valence-corrected chi connectivity index (χ3v) is 8.75. The van der Waals surface area contributed by atoms with Crippen molar-refractivity contribution in [2.75, 3.05) is 98.3 Å². The van der Waals surface area contributed by atoms with Crippen molar-refractivity contribution < 1.29 is 52.3 Å². The maximum absolute atomic E-state index is 12.3. The summed E-state index contributed by atoms with van der Waals surface area (Å²) in [6.45, 7) is 6.12. The van der Waals surface area contributed by atoms with Gasteiger partial charge in [-0.15, -0.1) is 11.3 Å². The number of Topliss-reactive ketones (excluding diaryl/α,β-unsaturated/α-hetero) is 3. The smallest absolute Gasteiger partial charge is 0.226 e. The van der Waals surface area contributed by atoms with Crippen LogP contribution in [0.5, 0.6) is 0 Å². The highest BCUT2D eigenvalue weighted by Gasteiger charge is 2.23. The summed E-state index contributed by atoms with van der Waals surface area (Å²) in [6, 6.07) is 0. The number of anilines is 1. The number of methoxy groups -OCH3 is 1. The number of nitrogens with zero attached hydrogens (tertiary/aromatic N) is 1. The topological polar surface area (TPSA) is 158 Å². The van der Waals surface area contributed by atoms with Gasteiger partial charge in [0.15, 0.2) is 22.5 Å². The molecule has 0 bridgehead atoms. The van der Waals surface area contributed by atoms with Gasteiger partial charge < -0.3 is 38.5 Å². The molecular formula is C35H58N2O11S. The molecule has 1 aliphatic rings. The Bertz CT molecular complexity index is 1070. The normalized spacial score (nSPS) is 14.1.